The van der Waals surface area contributed by atoms with Crippen LogP contribution in [0.1, 0.15) is 29.4 Å². The van der Waals surface area contributed by atoms with Gasteiger partial charge in [0.05, 0.1) is 11.6 Å². The van der Waals surface area contributed by atoms with E-state index < -0.39 is 0 Å². The zero-order valence-electron chi connectivity index (χ0n) is 13.3. The number of halogens is 1. The molecule has 0 spiro atoms. The van der Waals surface area contributed by atoms with E-state index in [4.69, 9.17) is 16.3 Å². The van der Waals surface area contributed by atoms with E-state index in [1.54, 1.807) is 0 Å². The number of anilines is 1. The maximum absolute atomic E-state index is 12.5. The summed E-state index contributed by atoms with van der Waals surface area (Å²) in [5, 5.41) is 4.30. The van der Waals surface area contributed by atoms with Crippen LogP contribution in [0, 0.1) is 0 Å². The molecule has 2 aromatic carbocycles. The van der Waals surface area contributed by atoms with Crippen LogP contribution in [0.15, 0.2) is 48.5 Å². The van der Waals surface area contributed by atoms with Gasteiger partial charge in [-0.15, -0.1) is 11.3 Å². The molecule has 0 atom stereocenters. The maximum atomic E-state index is 12.5. The van der Waals surface area contributed by atoms with E-state index in [0.717, 1.165) is 34.4 Å². The van der Waals surface area contributed by atoms with Gasteiger partial charge in [-0.25, -0.2) is 0 Å². The number of carbonyl (C=O) groups excluding carboxylic acids is 1. The van der Waals surface area contributed by atoms with Crippen molar-refractivity contribution in [2.24, 2.45) is 0 Å². The first kappa shape index (κ1) is 16.8. The van der Waals surface area contributed by atoms with E-state index in [2.05, 4.69) is 12.2 Å². The molecule has 0 aliphatic rings. The minimum absolute atomic E-state index is 0.194. The number of carbonyl (C=O) groups is 1. The quantitative estimate of drug-likeness (QED) is 0.549. The number of ether oxygens (including phenoxy) is 1. The van der Waals surface area contributed by atoms with Gasteiger partial charge in [-0.3, -0.25) is 4.79 Å². The third-order valence-electron chi connectivity index (χ3n) is 3.62. The van der Waals surface area contributed by atoms with Crippen molar-refractivity contribution < 1.29 is 9.53 Å². The highest BCUT2D eigenvalue weighted by molar-refractivity contribution is 7.21. The van der Waals surface area contributed by atoms with Crippen LogP contribution in [-0.4, -0.2) is 12.5 Å². The van der Waals surface area contributed by atoms with Crippen LogP contribution in [0.5, 0.6) is 5.75 Å². The topological polar surface area (TPSA) is 38.3 Å². The molecule has 5 heteroatoms. The summed E-state index contributed by atoms with van der Waals surface area (Å²) in [7, 11) is 0. The van der Waals surface area contributed by atoms with Gasteiger partial charge in [-0.2, -0.15) is 0 Å². The summed E-state index contributed by atoms with van der Waals surface area (Å²) >= 11 is 7.74. The molecule has 0 radical (unpaired) electrons. The molecule has 3 rings (SSSR count). The summed E-state index contributed by atoms with van der Waals surface area (Å²) < 4.78 is 6.63. The van der Waals surface area contributed by atoms with Gasteiger partial charge in [-0.1, -0.05) is 43.1 Å². The Kier molecular flexibility index (Phi) is 5.38. The molecule has 0 aliphatic heterocycles. The Balaban J connectivity index is 1.70. The summed E-state index contributed by atoms with van der Waals surface area (Å²) in [6, 6.07) is 15.1. The van der Waals surface area contributed by atoms with Gasteiger partial charge >= 0.3 is 0 Å². The lowest BCUT2D eigenvalue weighted by molar-refractivity contribution is 0.103. The molecule has 0 fully saturated rings. The number of nitrogens with one attached hydrogen (secondary N) is 1. The monoisotopic (exact) mass is 359 g/mol. The van der Waals surface area contributed by atoms with E-state index >= 15 is 0 Å². The Morgan fingerprint density at radius 2 is 1.92 bits per heavy atom. The lowest BCUT2D eigenvalue weighted by atomic mass is 10.2. The van der Waals surface area contributed by atoms with Crippen molar-refractivity contribution in [3.05, 3.63) is 58.4 Å². The van der Waals surface area contributed by atoms with Crippen LogP contribution < -0.4 is 10.1 Å². The Hall–Kier alpha value is -2.04. The maximum Gasteiger partial charge on any atom is 0.267 e. The first-order valence-corrected chi connectivity index (χ1v) is 9.09. The Morgan fingerprint density at radius 3 is 2.62 bits per heavy atom. The fourth-order valence-electron chi connectivity index (χ4n) is 2.32. The van der Waals surface area contributed by atoms with Crippen LogP contribution in [0.4, 0.5) is 5.69 Å². The number of unbranched alkanes of at least 4 members (excludes halogenated alkanes) is 1. The molecule has 0 bridgehead atoms. The predicted molar refractivity (Wildman–Crippen MR) is 102 cm³/mol. The molecule has 3 nitrogen and oxygen atoms in total. The predicted octanol–water partition coefficient (Wildman–Crippen LogP) is 5.99. The van der Waals surface area contributed by atoms with Gasteiger partial charge in [0.2, 0.25) is 0 Å². The summed E-state index contributed by atoms with van der Waals surface area (Å²) in [6.45, 7) is 2.83. The standard InChI is InChI=1S/C19H18ClNO2S/c1-2-3-12-23-14-10-8-13(9-11-14)21-19(22)18-17(20)15-6-4-5-7-16(15)24-18/h4-11H,2-3,12H2,1H3,(H,21,22). The average molecular weight is 360 g/mol. The minimum atomic E-state index is -0.194. The molecule has 1 N–H and O–H groups in total. The molecule has 0 unspecified atom stereocenters. The number of hydrogen-bond donors (Lipinski definition) is 1. The first-order valence-electron chi connectivity index (χ1n) is 7.90. The molecular weight excluding hydrogens is 342 g/mol. The molecule has 3 aromatic rings. The summed E-state index contributed by atoms with van der Waals surface area (Å²) in [5.74, 6) is 0.613. The SMILES string of the molecule is CCCCOc1ccc(NC(=O)c2sc3ccccc3c2Cl)cc1. The zero-order valence-corrected chi connectivity index (χ0v) is 14.9. The lowest BCUT2D eigenvalue weighted by Gasteiger charge is -2.07. The second-order valence-corrected chi connectivity index (χ2v) is 6.85. The van der Waals surface area contributed by atoms with E-state index in [1.165, 1.54) is 11.3 Å². The molecule has 24 heavy (non-hydrogen) atoms. The largest absolute Gasteiger partial charge is 0.494 e. The van der Waals surface area contributed by atoms with E-state index in [9.17, 15) is 4.79 Å². The van der Waals surface area contributed by atoms with Crippen LogP contribution in [0.2, 0.25) is 5.02 Å². The van der Waals surface area contributed by atoms with Crippen molar-refractivity contribution in [3.63, 3.8) is 0 Å². The van der Waals surface area contributed by atoms with Crippen molar-refractivity contribution in [3.8, 4) is 5.75 Å². The highest BCUT2D eigenvalue weighted by atomic mass is 35.5. The van der Waals surface area contributed by atoms with Crippen molar-refractivity contribution in [1.29, 1.82) is 0 Å². The zero-order chi connectivity index (χ0) is 16.9. The van der Waals surface area contributed by atoms with Crippen LogP contribution in [0.25, 0.3) is 10.1 Å². The number of hydrogen-bond acceptors (Lipinski definition) is 3. The molecule has 0 aliphatic carbocycles. The van der Waals surface area contributed by atoms with Crippen LogP contribution in [-0.2, 0) is 0 Å². The van der Waals surface area contributed by atoms with Gasteiger partial charge in [0.1, 0.15) is 10.6 Å². The summed E-state index contributed by atoms with van der Waals surface area (Å²) in [6.07, 6.45) is 2.13. The van der Waals surface area contributed by atoms with Gasteiger partial charge in [0, 0.05) is 15.8 Å². The smallest absolute Gasteiger partial charge is 0.267 e. The Labute approximate surface area is 150 Å². The van der Waals surface area contributed by atoms with Crippen molar-refractivity contribution in [2.45, 2.75) is 19.8 Å². The van der Waals surface area contributed by atoms with Gasteiger partial charge < -0.3 is 10.1 Å². The van der Waals surface area contributed by atoms with Crippen molar-refractivity contribution in [2.75, 3.05) is 11.9 Å². The van der Waals surface area contributed by atoms with Gasteiger partial charge in [0.25, 0.3) is 5.91 Å². The summed E-state index contributed by atoms with van der Waals surface area (Å²) in [5.41, 5.74) is 0.719. The van der Waals surface area contributed by atoms with Crippen LogP contribution in [0.3, 0.4) is 0 Å². The molecular formula is C19H18ClNO2S. The number of rotatable bonds is 6. The van der Waals surface area contributed by atoms with Gasteiger partial charge in [0.15, 0.2) is 0 Å². The fraction of sp³-hybridized carbons (Fsp3) is 0.211. The first-order chi connectivity index (χ1) is 11.7. The van der Waals surface area contributed by atoms with Gasteiger partial charge in [-0.05, 0) is 36.8 Å². The molecule has 0 saturated carbocycles. The van der Waals surface area contributed by atoms with E-state index in [0.29, 0.717) is 16.5 Å². The Bertz CT molecular complexity index is 842. The average Bonchev–Trinajstić information content (AvgIpc) is 2.94. The third kappa shape index (κ3) is 3.71. The minimum Gasteiger partial charge on any atom is -0.494 e. The van der Waals surface area contributed by atoms with Crippen molar-refractivity contribution >= 4 is 44.6 Å². The Morgan fingerprint density at radius 1 is 1.17 bits per heavy atom. The molecule has 124 valence electrons. The lowest BCUT2D eigenvalue weighted by Crippen LogP contribution is -2.10. The van der Waals surface area contributed by atoms with Crippen LogP contribution >= 0.6 is 22.9 Å². The number of thiophene rings is 1. The number of benzene rings is 2. The highest BCUT2D eigenvalue weighted by Gasteiger charge is 2.16. The van der Waals surface area contributed by atoms with E-state index in [-0.39, 0.29) is 5.91 Å². The second-order valence-electron chi connectivity index (χ2n) is 5.42. The number of amides is 1. The normalized spacial score (nSPS) is 10.8. The molecule has 0 saturated heterocycles. The fourth-order valence-corrected chi connectivity index (χ4v) is 3.73. The summed E-state index contributed by atoms with van der Waals surface area (Å²) in [4.78, 5) is 13.0. The second kappa shape index (κ2) is 7.69. The van der Waals surface area contributed by atoms with E-state index in [1.807, 2.05) is 48.5 Å². The number of fused-ring (bicyclic) bond motifs is 1. The highest BCUT2D eigenvalue weighted by Crippen LogP contribution is 2.35. The van der Waals surface area contributed by atoms with Crippen molar-refractivity contribution in [1.82, 2.24) is 0 Å². The third-order valence-corrected chi connectivity index (χ3v) is 5.29. The molecule has 1 amide bonds. The molecule has 1 aromatic heterocycles. The molecule has 1 heterocycles.